The maximum atomic E-state index is 12.1. The van der Waals surface area contributed by atoms with Gasteiger partial charge in [-0.2, -0.15) is 0 Å². The van der Waals surface area contributed by atoms with E-state index >= 15 is 0 Å². The fraction of sp³-hybridized carbons (Fsp3) is 0.429. The van der Waals surface area contributed by atoms with Crippen LogP contribution in [0.2, 0.25) is 5.02 Å². The molecule has 1 heterocycles. The van der Waals surface area contributed by atoms with Crippen LogP contribution in [-0.4, -0.2) is 50.2 Å². The SMILES string of the molecule is C[C@H](OC(=O)c1cc(Cl)c2c(c1)OCCO2)C(=O)N(C)C. The molecular weight excluding hydrogens is 298 g/mol. The number of halogens is 1. The fourth-order valence-corrected chi connectivity index (χ4v) is 2.14. The number of rotatable bonds is 3. The molecule has 7 heteroatoms. The van der Waals surface area contributed by atoms with Gasteiger partial charge in [0.05, 0.1) is 10.6 Å². The van der Waals surface area contributed by atoms with Crippen molar-refractivity contribution >= 4 is 23.5 Å². The summed E-state index contributed by atoms with van der Waals surface area (Å²) in [4.78, 5) is 25.1. The normalized spacial score (nSPS) is 14.3. The lowest BCUT2D eigenvalue weighted by molar-refractivity contribution is -0.137. The molecule has 1 aromatic carbocycles. The lowest BCUT2D eigenvalue weighted by Gasteiger charge is -2.21. The minimum atomic E-state index is -0.875. The van der Waals surface area contributed by atoms with E-state index in [0.717, 1.165) is 0 Å². The standard InChI is InChI=1S/C14H16ClNO5/c1-8(13(17)16(2)3)21-14(18)9-6-10(15)12-11(7-9)19-4-5-20-12/h6-8H,4-5H2,1-3H3/t8-/m0/s1. The van der Waals surface area contributed by atoms with Crippen LogP contribution >= 0.6 is 11.6 Å². The Morgan fingerprint density at radius 3 is 2.62 bits per heavy atom. The van der Waals surface area contributed by atoms with E-state index in [1.807, 2.05) is 0 Å². The van der Waals surface area contributed by atoms with E-state index in [-0.39, 0.29) is 16.5 Å². The first-order chi connectivity index (χ1) is 9.90. The van der Waals surface area contributed by atoms with Gasteiger partial charge in [-0.15, -0.1) is 0 Å². The van der Waals surface area contributed by atoms with Gasteiger partial charge >= 0.3 is 5.97 Å². The highest BCUT2D eigenvalue weighted by atomic mass is 35.5. The molecule has 1 aliphatic rings. The van der Waals surface area contributed by atoms with Gasteiger partial charge in [0.2, 0.25) is 0 Å². The van der Waals surface area contributed by atoms with Gasteiger partial charge in [-0.05, 0) is 19.1 Å². The average Bonchev–Trinajstić information content (AvgIpc) is 2.46. The van der Waals surface area contributed by atoms with Crippen LogP contribution in [0.1, 0.15) is 17.3 Å². The lowest BCUT2D eigenvalue weighted by atomic mass is 10.2. The van der Waals surface area contributed by atoms with E-state index in [4.69, 9.17) is 25.8 Å². The van der Waals surface area contributed by atoms with Gasteiger partial charge in [-0.3, -0.25) is 4.79 Å². The molecule has 0 saturated heterocycles. The van der Waals surface area contributed by atoms with Crippen molar-refractivity contribution in [3.05, 3.63) is 22.7 Å². The molecular formula is C14H16ClNO5. The molecule has 0 unspecified atom stereocenters. The summed E-state index contributed by atoms with van der Waals surface area (Å²) in [5.74, 6) is -0.132. The summed E-state index contributed by atoms with van der Waals surface area (Å²) in [6.07, 6.45) is -0.875. The Hall–Kier alpha value is -1.95. The molecule has 1 amide bonds. The summed E-state index contributed by atoms with van der Waals surface area (Å²) in [6, 6.07) is 2.93. The number of esters is 1. The smallest absolute Gasteiger partial charge is 0.339 e. The third-order valence-corrected chi connectivity index (χ3v) is 3.19. The van der Waals surface area contributed by atoms with Crippen LogP contribution in [0.5, 0.6) is 11.5 Å². The number of hydrogen-bond acceptors (Lipinski definition) is 5. The molecule has 0 aliphatic carbocycles. The third kappa shape index (κ3) is 3.39. The molecule has 1 aliphatic heterocycles. The molecule has 0 fully saturated rings. The van der Waals surface area contributed by atoms with Crippen molar-refractivity contribution in [3.63, 3.8) is 0 Å². The highest BCUT2D eigenvalue weighted by molar-refractivity contribution is 6.32. The number of benzene rings is 1. The van der Waals surface area contributed by atoms with E-state index in [1.165, 1.54) is 24.0 Å². The summed E-state index contributed by atoms with van der Waals surface area (Å²) < 4.78 is 15.9. The van der Waals surface area contributed by atoms with E-state index in [1.54, 1.807) is 14.1 Å². The molecule has 0 N–H and O–H groups in total. The van der Waals surface area contributed by atoms with E-state index in [9.17, 15) is 9.59 Å². The molecule has 114 valence electrons. The van der Waals surface area contributed by atoms with Gasteiger partial charge in [0.1, 0.15) is 13.2 Å². The van der Waals surface area contributed by atoms with Gasteiger partial charge in [0, 0.05) is 14.1 Å². The van der Waals surface area contributed by atoms with E-state index in [0.29, 0.717) is 24.7 Å². The van der Waals surface area contributed by atoms with Gasteiger partial charge in [0.25, 0.3) is 5.91 Å². The lowest BCUT2D eigenvalue weighted by Crippen LogP contribution is -2.34. The Morgan fingerprint density at radius 1 is 1.29 bits per heavy atom. The van der Waals surface area contributed by atoms with Crippen molar-refractivity contribution in [3.8, 4) is 11.5 Å². The molecule has 0 spiro atoms. The van der Waals surface area contributed by atoms with Gasteiger partial charge in [-0.25, -0.2) is 4.79 Å². The summed E-state index contributed by atoms with van der Waals surface area (Å²) in [5.41, 5.74) is 0.211. The number of hydrogen-bond donors (Lipinski definition) is 0. The first-order valence-electron chi connectivity index (χ1n) is 6.41. The largest absolute Gasteiger partial charge is 0.486 e. The molecule has 2 rings (SSSR count). The summed E-state index contributed by atoms with van der Waals surface area (Å²) in [6.45, 7) is 2.31. The number of carbonyl (C=O) groups is 2. The van der Waals surface area contributed by atoms with Crippen molar-refractivity contribution in [2.45, 2.75) is 13.0 Å². The highest BCUT2D eigenvalue weighted by Crippen LogP contribution is 2.38. The molecule has 0 radical (unpaired) electrons. The van der Waals surface area contributed by atoms with Crippen molar-refractivity contribution in [2.24, 2.45) is 0 Å². The number of amides is 1. The zero-order valence-corrected chi connectivity index (χ0v) is 12.8. The zero-order valence-electron chi connectivity index (χ0n) is 12.0. The molecule has 21 heavy (non-hydrogen) atoms. The topological polar surface area (TPSA) is 65.1 Å². The number of fused-ring (bicyclic) bond motifs is 1. The van der Waals surface area contributed by atoms with Crippen LogP contribution in [0.4, 0.5) is 0 Å². The Morgan fingerprint density at radius 2 is 1.95 bits per heavy atom. The summed E-state index contributed by atoms with van der Waals surface area (Å²) in [5, 5.41) is 0.269. The van der Waals surface area contributed by atoms with Gasteiger partial charge in [-0.1, -0.05) is 11.6 Å². The van der Waals surface area contributed by atoms with Crippen molar-refractivity contribution in [2.75, 3.05) is 27.3 Å². The number of likely N-dealkylation sites (N-methyl/N-ethyl adjacent to an activating group) is 1. The van der Waals surface area contributed by atoms with Crippen molar-refractivity contribution in [1.82, 2.24) is 4.90 Å². The highest BCUT2D eigenvalue weighted by Gasteiger charge is 2.23. The minimum absolute atomic E-state index is 0.211. The van der Waals surface area contributed by atoms with Crippen LogP contribution in [0.15, 0.2) is 12.1 Å². The quantitative estimate of drug-likeness (QED) is 0.795. The average molecular weight is 314 g/mol. The van der Waals surface area contributed by atoms with Gasteiger partial charge < -0.3 is 19.1 Å². The molecule has 0 bridgehead atoms. The second kappa shape index (κ2) is 6.22. The van der Waals surface area contributed by atoms with E-state index < -0.39 is 12.1 Å². The van der Waals surface area contributed by atoms with Crippen molar-refractivity contribution in [1.29, 1.82) is 0 Å². The molecule has 1 aromatic rings. The Bertz CT molecular complexity index is 573. The van der Waals surface area contributed by atoms with Gasteiger partial charge in [0.15, 0.2) is 17.6 Å². The Labute approximate surface area is 127 Å². The minimum Gasteiger partial charge on any atom is -0.486 e. The summed E-state index contributed by atoms with van der Waals surface area (Å²) >= 11 is 6.05. The maximum absolute atomic E-state index is 12.1. The predicted octanol–water partition coefficient (Wildman–Crippen LogP) is 1.74. The zero-order chi connectivity index (χ0) is 15.6. The van der Waals surface area contributed by atoms with E-state index in [2.05, 4.69) is 0 Å². The fourth-order valence-electron chi connectivity index (χ4n) is 1.87. The second-order valence-electron chi connectivity index (χ2n) is 4.76. The van der Waals surface area contributed by atoms with Crippen LogP contribution in [0.25, 0.3) is 0 Å². The molecule has 0 saturated carbocycles. The third-order valence-electron chi connectivity index (χ3n) is 2.90. The molecule has 6 nitrogen and oxygen atoms in total. The second-order valence-corrected chi connectivity index (χ2v) is 5.17. The number of ether oxygens (including phenoxy) is 3. The number of carbonyl (C=O) groups excluding carboxylic acids is 2. The van der Waals surface area contributed by atoms with Crippen LogP contribution < -0.4 is 9.47 Å². The maximum Gasteiger partial charge on any atom is 0.339 e. The predicted molar refractivity (Wildman–Crippen MR) is 76.0 cm³/mol. The summed E-state index contributed by atoms with van der Waals surface area (Å²) in [7, 11) is 3.18. The Kier molecular flexibility index (Phi) is 4.57. The molecule has 0 aromatic heterocycles. The molecule has 1 atom stereocenters. The number of nitrogens with zero attached hydrogens (tertiary/aromatic N) is 1. The first kappa shape index (κ1) is 15.4. The van der Waals surface area contributed by atoms with Crippen LogP contribution in [0, 0.1) is 0 Å². The van der Waals surface area contributed by atoms with Crippen LogP contribution in [-0.2, 0) is 9.53 Å². The van der Waals surface area contributed by atoms with Crippen molar-refractivity contribution < 1.29 is 23.8 Å². The Balaban J connectivity index is 2.16. The monoisotopic (exact) mass is 313 g/mol. The van der Waals surface area contributed by atoms with Crippen LogP contribution in [0.3, 0.4) is 0 Å². The first-order valence-corrected chi connectivity index (χ1v) is 6.79.